The number of esters is 2. The average Bonchev–Trinajstić information content (AvgIpc) is 3.37. The lowest BCUT2D eigenvalue weighted by molar-refractivity contribution is -0.00698. The first-order valence-electron chi connectivity index (χ1n) is 13.3. The molecule has 1 aromatic heterocycles. The molecule has 2 heterocycles. The van der Waals surface area contributed by atoms with E-state index >= 15 is 0 Å². The summed E-state index contributed by atoms with van der Waals surface area (Å²) in [7, 11) is 0. The molecule has 1 saturated heterocycles. The van der Waals surface area contributed by atoms with Crippen molar-refractivity contribution in [3.05, 3.63) is 27.7 Å². The number of piperidine rings is 1. The Bertz CT molecular complexity index is 1100. The Kier molecular flexibility index (Phi) is 9.43. The van der Waals surface area contributed by atoms with E-state index in [2.05, 4.69) is 0 Å². The zero-order valence-electron chi connectivity index (χ0n) is 23.1. The Morgan fingerprint density at radius 3 is 2.32 bits per heavy atom. The number of hydrogen-bond donors (Lipinski definition) is 0. The average molecular weight is 539 g/mol. The quantitative estimate of drug-likeness (QED) is 0.248. The highest BCUT2D eigenvalue weighted by molar-refractivity contribution is 5.94. The molecule has 4 atom stereocenters. The van der Waals surface area contributed by atoms with Crippen LogP contribution in [0.1, 0.15) is 88.1 Å². The number of amides is 1. The van der Waals surface area contributed by atoms with Crippen LogP contribution in [-0.2, 0) is 20.8 Å². The fraction of sp³-hybridized carbons (Fsp3) is 0.704. The lowest BCUT2D eigenvalue weighted by atomic mass is 9.97. The van der Waals surface area contributed by atoms with Crippen molar-refractivity contribution in [1.29, 1.82) is 0 Å². The molecule has 1 aromatic rings. The van der Waals surface area contributed by atoms with Gasteiger partial charge in [-0.25, -0.2) is 18.8 Å². The minimum atomic E-state index is -1.19. The molecule has 1 amide bonds. The first-order valence-corrected chi connectivity index (χ1v) is 13.3. The normalized spacial score (nSPS) is 22.3. The summed E-state index contributed by atoms with van der Waals surface area (Å²) in [5, 5.41) is 0. The van der Waals surface area contributed by atoms with E-state index in [4.69, 9.17) is 18.9 Å². The number of likely N-dealkylation sites (tertiary alicyclic amines) is 1. The fourth-order valence-corrected chi connectivity index (χ4v) is 5.10. The van der Waals surface area contributed by atoms with Crippen molar-refractivity contribution < 1.29 is 37.7 Å². The summed E-state index contributed by atoms with van der Waals surface area (Å²) in [5.74, 6) is -2.17. The van der Waals surface area contributed by atoms with Crippen LogP contribution in [0, 0.1) is 5.92 Å². The smallest absolute Gasteiger partial charge is 0.410 e. The van der Waals surface area contributed by atoms with E-state index in [1.54, 1.807) is 34.6 Å². The molecule has 0 aromatic carbocycles. The Balaban J connectivity index is 2.12. The molecule has 0 spiro atoms. The number of rotatable bonds is 10. The summed E-state index contributed by atoms with van der Waals surface area (Å²) in [6, 6.07) is -1.20. The summed E-state index contributed by atoms with van der Waals surface area (Å²) in [6.07, 6.45) is 1.50. The van der Waals surface area contributed by atoms with Gasteiger partial charge in [-0.2, -0.15) is 0 Å². The van der Waals surface area contributed by atoms with Crippen molar-refractivity contribution in [2.24, 2.45) is 5.92 Å². The topological polar surface area (TPSA) is 113 Å². The van der Waals surface area contributed by atoms with E-state index in [-0.39, 0.29) is 55.7 Å². The van der Waals surface area contributed by atoms with Crippen molar-refractivity contribution in [2.75, 3.05) is 19.8 Å². The summed E-state index contributed by atoms with van der Waals surface area (Å²) in [5.41, 5.74) is -2.04. The van der Waals surface area contributed by atoms with Crippen molar-refractivity contribution in [3.8, 4) is 5.75 Å². The molecule has 3 rings (SSSR count). The molecule has 2 bridgehead atoms. The third kappa shape index (κ3) is 6.30. The van der Waals surface area contributed by atoms with Gasteiger partial charge in [0.1, 0.15) is 17.3 Å². The second-order valence-corrected chi connectivity index (χ2v) is 10.6. The monoisotopic (exact) mass is 538 g/mol. The predicted octanol–water partition coefficient (Wildman–Crippen LogP) is 4.12. The molecule has 1 saturated carbocycles. The first kappa shape index (κ1) is 29.4. The molecular weight excluding hydrogens is 499 g/mol. The Morgan fingerprint density at radius 1 is 1.05 bits per heavy atom. The van der Waals surface area contributed by atoms with Crippen molar-refractivity contribution in [3.63, 3.8) is 0 Å². The molecule has 212 valence electrons. The van der Waals surface area contributed by atoms with Crippen LogP contribution < -0.4 is 10.2 Å². The number of carbonyl (C=O) groups excluding carboxylic acids is 3. The molecule has 1 aliphatic carbocycles. The summed E-state index contributed by atoms with van der Waals surface area (Å²) in [4.78, 5) is 53.7. The second kappa shape index (κ2) is 12.2. The van der Waals surface area contributed by atoms with Gasteiger partial charge in [0.15, 0.2) is 11.4 Å². The molecule has 2 aliphatic rings. The Hall–Kier alpha value is -3.11. The minimum Gasteiger partial charge on any atom is -0.487 e. The van der Waals surface area contributed by atoms with Gasteiger partial charge in [-0.05, 0) is 59.8 Å². The van der Waals surface area contributed by atoms with Crippen LogP contribution in [0.4, 0.5) is 9.18 Å². The van der Waals surface area contributed by atoms with Gasteiger partial charge < -0.3 is 23.5 Å². The lowest BCUT2D eigenvalue weighted by Crippen LogP contribution is -2.52. The fourth-order valence-electron chi connectivity index (χ4n) is 5.10. The highest BCUT2D eigenvalue weighted by atomic mass is 19.1. The number of carbonyl (C=O) groups is 3. The number of hydrogen-bond acceptors (Lipinski definition) is 8. The molecule has 1 aliphatic heterocycles. The van der Waals surface area contributed by atoms with Crippen molar-refractivity contribution in [1.82, 2.24) is 9.47 Å². The number of pyridine rings is 1. The number of fused-ring (bicyclic) bond motifs is 2. The van der Waals surface area contributed by atoms with Gasteiger partial charge in [0, 0.05) is 12.7 Å². The van der Waals surface area contributed by atoms with Gasteiger partial charge in [-0.3, -0.25) is 9.69 Å². The number of unbranched alkanes of at least 4 members (excludes halogenated alkanes) is 1. The Labute approximate surface area is 222 Å². The zero-order chi connectivity index (χ0) is 28.2. The first-order chi connectivity index (χ1) is 17.9. The molecule has 1 unspecified atom stereocenters. The maximum atomic E-state index is 14.8. The van der Waals surface area contributed by atoms with Crippen LogP contribution in [0.3, 0.4) is 0 Å². The number of aromatic nitrogens is 1. The van der Waals surface area contributed by atoms with Crippen LogP contribution >= 0.6 is 0 Å². The van der Waals surface area contributed by atoms with Crippen molar-refractivity contribution in [2.45, 2.75) is 97.6 Å². The van der Waals surface area contributed by atoms with Crippen LogP contribution in [0.2, 0.25) is 0 Å². The molecule has 0 N–H and O–H groups in total. The zero-order valence-corrected chi connectivity index (χ0v) is 23.1. The molecule has 10 nitrogen and oxygen atoms in total. The van der Waals surface area contributed by atoms with Crippen molar-refractivity contribution >= 4 is 18.0 Å². The molecular formula is C27H39FN2O8. The molecule has 0 radical (unpaired) electrons. The Morgan fingerprint density at radius 2 is 1.71 bits per heavy atom. The maximum Gasteiger partial charge on any atom is 0.410 e. The van der Waals surface area contributed by atoms with E-state index in [9.17, 15) is 23.6 Å². The summed E-state index contributed by atoms with van der Waals surface area (Å²) >= 11 is 0. The van der Waals surface area contributed by atoms with Gasteiger partial charge >= 0.3 is 18.0 Å². The largest absolute Gasteiger partial charge is 0.487 e. The summed E-state index contributed by atoms with van der Waals surface area (Å²) in [6.45, 7) is 10.6. The second-order valence-electron chi connectivity index (χ2n) is 10.6. The van der Waals surface area contributed by atoms with E-state index in [1.807, 2.05) is 6.92 Å². The predicted molar refractivity (Wildman–Crippen MR) is 136 cm³/mol. The van der Waals surface area contributed by atoms with Crippen LogP contribution in [0.25, 0.3) is 0 Å². The third-order valence-corrected chi connectivity index (χ3v) is 6.68. The van der Waals surface area contributed by atoms with Gasteiger partial charge in [-0.1, -0.05) is 13.3 Å². The van der Waals surface area contributed by atoms with Gasteiger partial charge in [-0.15, -0.1) is 0 Å². The highest BCUT2D eigenvalue weighted by Gasteiger charge is 2.54. The number of alkyl halides is 1. The number of nitrogens with zero attached hydrogens (tertiary/aromatic N) is 2. The third-order valence-electron chi connectivity index (χ3n) is 6.68. The van der Waals surface area contributed by atoms with Gasteiger partial charge in [0.2, 0.25) is 5.43 Å². The SMILES string of the molecule is CCCCOc1c(C(=O)OCC)n(C[C@H]2[C@H]3CC([C@H](F)C3)N2C(=O)OC(C)(C)C)cc(C(=O)OCC)c1=O. The highest BCUT2D eigenvalue weighted by Crippen LogP contribution is 2.45. The van der Waals surface area contributed by atoms with Gasteiger partial charge in [0.05, 0.1) is 31.9 Å². The molecule has 11 heteroatoms. The van der Waals surface area contributed by atoms with Gasteiger partial charge in [0.25, 0.3) is 0 Å². The maximum absolute atomic E-state index is 14.8. The van der Waals surface area contributed by atoms with E-state index in [0.29, 0.717) is 12.8 Å². The minimum absolute atomic E-state index is 0.00188. The standard InChI is InChI=1S/C27H39FN2O8/c1-7-10-11-37-23-21(25(33)36-9-3)29(14-17(22(23)31)24(32)35-8-2)15-20-16-12-18(28)19(13-16)30(20)26(34)38-27(4,5)6/h14,16,18-20H,7-13,15H2,1-6H3/t16-,18-,19?,20+/m1/s1. The van der Waals surface area contributed by atoms with Crippen LogP contribution in [-0.4, -0.2) is 71.2 Å². The molecule has 2 fully saturated rings. The summed E-state index contributed by atoms with van der Waals surface area (Å²) < 4.78 is 37.8. The van der Waals surface area contributed by atoms with E-state index < -0.39 is 47.3 Å². The van der Waals surface area contributed by atoms with Crippen LogP contribution in [0.5, 0.6) is 5.75 Å². The van der Waals surface area contributed by atoms with E-state index in [0.717, 1.165) is 6.42 Å². The number of halogens is 1. The van der Waals surface area contributed by atoms with Crippen LogP contribution in [0.15, 0.2) is 11.0 Å². The lowest BCUT2D eigenvalue weighted by Gasteiger charge is -2.38. The molecule has 38 heavy (non-hydrogen) atoms. The van der Waals surface area contributed by atoms with E-state index in [1.165, 1.54) is 15.7 Å². The number of ether oxygens (including phenoxy) is 4.